The van der Waals surface area contributed by atoms with Crippen molar-refractivity contribution < 1.29 is 0 Å². The van der Waals surface area contributed by atoms with Crippen LogP contribution in [0.2, 0.25) is 0 Å². The Hall–Kier alpha value is -3.15. The Morgan fingerprint density at radius 3 is 2.44 bits per heavy atom. The van der Waals surface area contributed by atoms with Gasteiger partial charge < -0.3 is 15.5 Å². The Bertz CT molecular complexity index is 859. The fourth-order valence-electron chi connectivity index (χ4n) is 3.32. The molecule has 2 aromatic carbocycles. The highest BCUT2D eigenvalue weighted by Gasteiger charge is 2.12. The van der Waals surface area contributed by atoms with E-state index in [1.165, 1.54) is 24.1 Å². The van der Waals surface area contributed by atoms with E-state index in [1.54, 1.807) is 6.20 Å². The first-order valence-corrected chi connectivity index (χ1v) is 9.41. The molecule has 0 radical (unpaired) electrons. The van der Waals surface area contributed by atoms with Crippen molar-refractivity contribution in [3.8, 4) is 0 Å². The summed E-state index contributed by atoms with van der Waals surface area (Å²) in [6.45, 7) is 4.38. The van der Waals surface area contributed by atoms with Crippen molar-refractivity contribution in [2.75, 3.05) is 28.6 Å². The largest absolute Gasteiger partial charge is 0.372 e. The first-order valence-electron chi connectivity index (χ1n) is 9.41. The van der Waals surface area contributed by atoms with E-state index in [4.69, 9.17) is 0 Å². The summed E-state index contributed by atoms with van der Waals surface area (Å²) in [5, 5.41) is 14.8. The second-order valence-corrected chi connectivity index (χ2v) is 6.81. The highest BCUT2D eigenvalue weighted by atomic mass is 15.3. The molecule has 4 rings (SSSR count). The van der Waals surface area contributed by atoms with Gasteiger partial charge in [0.05, 0.1) is 12.2 Å². The summed E-state index contributed by atoms with van der Waals surface area (Å²) in [7, 11) is 0. The van der Waals surface area contributed by atoms with Gasteiger partial charge in [0.1, 0.15) is 0 Å². The van der Waals surface area contributed by atoms with Crippen molar-refractivity contribution in [2.45, 2.75) is 25.8 Å². The summed E-state index contributed by atoms with van der Waals surface area (Å²) in [6.07, 6.45) is 4.19. The molecule has 0 spiro atoms. The summed E-state index contributed by atoms with van der Waals surface area (Å²) in [5.41, 5.74) is 3.44. The van der Waals surface area contributed by atoms with E-state index in [0.717, 1.165) is 18.8 Å². The number of rotatable bonds is 6. The number of anilines is 4. The summed E-state index contributed by atoms with van der Waals surface area (Å²) in [4.78, 5) is 6.95. The summed E-state index contributed by atoms with van der Waals surface area (Å²) in [6, 6.07) is 18.8. The lowest BCUT2D eigenvalue weighted by Crippen LogP contribution is -2.17. The summed E-state index contributed by atoms with van der Waals surface area (Å²) < 4.78 is 0. The third-order valence-corrected chi connectivity index (χ3v) is 4.81. The molecule has 1 unspecified atom stereocenters. The Labute approximate surface area is 159 Å². The molecule has 3 aromatic rings. The first kappa shape index (κ1) is 17.3. The van der Waals surface area contributed by atoms with Gasteiger partial charge >= 0.3 is 0 Å². The van der Waals surface area contributed by atoms with Crippen LogP contribution in [0.3, 0.4) is 0 Å². The van der Waals surface area contributed by atoms with Crippen LogP contribution in [-0.2, 0) is 0 Å². The molecule has 6 heteroatoms. The molecule has 0 bridgehead atoms. The summed E-state index contributed by atoms with van der Waals surface area (Å²) in [5.74, 6) is 1.17. The fourth-order valence-corrected chi connectivity index (χ4v) is 3.32. The maximum atomic E-state index is 4.53. The zero-order valence-electron chi connectivity index (χ0n) is 15.5. The van der Waals surface area contributed by atoms with Gasteiger partial charge in [-0.1, -0.05) is 30.3 Å². The number of benzene rings is 2. The molecule has 0 saturated carbocycles. The third kappa shape index (κ3) is 4.34. The predicted molar refractivity (Wildman–Crippen MR) is 109 cm³/mol. The monoisotopic (exact) mass is 360 g/mol. The van der Waals surface area contributed by atoms with Crippen molar-refractivity contribution in [2.24, 2.45) is 0 Å². The van der Waals surface area contributed by atoms with Crippen molar-refractivity contribution in [1.82, 2.24) is 15.2 Å². The second kappa shape index (κ2) is 8.03. The standard InChI is InChI=1S/C21H24N6/c1-16(17-7-3-2-4-8-17)23-21-25-20(15-22-26-21)24-18-9-11-19(12-10-18)27-13-5-6-14-27/h2-4,7-12,15-16H,5-6,13-14H2,1H3,(H2,23,24,25,26). The zero-order chi connectivity index (χ0) is 18.5. The molecule has 6 nitrogen and oxygen atoms in total. The molecular weight excluding hydrogens is 336 g/mol. The van der Waals surface area contributed by atoms with Gasteiger partial charge in [0.2, 0.25) is 5.95 Å². The van der Waals surface area contributed by atoms with E-state index in [9.17, 15) is 0 Å². The quantitative estimate of drug-likeness (QED) is 0.680. The van der Waals surface area contributed by atoms with Crippen molar-refractivity contribution in [1.29, 1.82) is 0 Å². The van der Waals surface area contributed by atoms with Crippen LogP contribution in [-0.4, -0.2) is 28.3 Å². The van der Waals surface area contributed by atoms with Crippen molar-refractivity contribution >= 4 is 23.1 Å². The molecule has 1 aliphatic heterocycles. The van der Waals surface area contributed by atoms with Crippen LogP contribution in [0.15, 0.2) is 60.8 Å². The smallest absolute Gasteiger partial charge is 0.245 e. The van der Waals surface area contributed by atoms with Crippen molar-refractivity contribution in [3.05, 3.63) is 66.4 Å². The molecule has 27 heavy (non-hydrogen) atoms. The predicted octanol–water partition coefficient (Wildman–Crippen LogP) is 4.39. The molecule has 0 amide bonds. The van der Waals surface area contributed by atoms with E-state index in [0.29, 0.717) is 11.8 Å². The van der Waals surface area contributed by atoms with Gasteiger partial charge in [0.15, 0.2) is 5.82 Å². The molecule has 1 atom stereocenters. The van der Waals surface area contributed by atoms with Crippen LogP contribution in [0.1, 0.15) is 31.4 Å². The lowest BCUT2D eigenvalue weighted by atomic mass is 10.1. The van der Waals surface area contributed by atoms with Gasteiger partial charge in [-0.2, -0.15) is 10.1 Å². The molecule has 0 aliphatic carbocycles. The van der Waals surface area contributed by atoms with Gasteiger partial charge in [-0.25, -0.2) is 0 Å². The van der Waals surface area contributed by atoms with E-state index in [2.05, 4.69) is 74.0 Å². The van der Waals surface area contributed by atoms with Crippen LogP contribution in [0.25, 0.3) is 0 Å². The van der Waals surface area contributed by atoms with Crippen LogP contribution >= 0.6 is 0 Å². The Morgan fingerprint density at radius 2 is 1.70 bits per heavy atom. The first-order chi connectivity index (χ1) is 13.3. The lowest BCUT2D eigenvalue weighted by Gasteiger charge is -2.18. The molecule has 138 valence electrons. The van der Waals surface area contributed by atoms with E-state index < -0.39 is 0 Å². The molecule has 1 aromatic heterocycles. The minimum atomic E-state index is 0.1000. The van der Waals surface area contributed by atoms with Gasteiger partial charge in [0.25, 0.3) is 0 Å². The van der Waals surface area contributed by atoms with Gasteiger partial charge in [-0.15, -0.1) is 5.10 Å². The van der Waals surface area contributed by atoms with Crippen molar-refractivity contribution in [3.63, 3.8) is 0 Å². The second-order valence-electron chi connectivity index (χ2n) is 6.81. The van der Waals surface area contributed by atoms with Gasteiger partial charge in [-0.05, 0) is 49.6 Å². The minimum absolute atomic E-state index is 0.1000. The highest BCUT2D eigenvalue weighted by Crippen LogP contribution is 2.24. The average molecular weight is 360 g/mol. The van der Waals surface area contributed by atoms with E-state index >= 15 is 0 Å². The molecule has 1 aliphatic rings. The Balaban J connectivity index is 1.41. The Morgan fingerprint density at radius 1 is 0.963 bits per heavy atom. The maximum absolute atomic E-state index is 4.53. The number of hydrogen-bond donors (Lipinski definition) is 2. The van der Waals surface area contributed by atoms with Crippen LogP contribution < -0.4 is 15.5 Å². The lowest BCUT2D eigenvalue weighted by molar-refractivity contribution is 0.841. The number of aromatic nitrogens is 3. The normalized spacial score (nSPS) is 14.8. The molecule has 2 heterocycles. The van der Waals surface area contributed by atoms with E-state index in [-0.39, 0.29) is 6.04 Å². The number of nitrogens with one attached hydrogen (secondary N) is 2. The number of hydrogen-bond acceptors (Lipinski definition) is 6. The van der Waals surface area contributed by atoms with E-state index in [1.807, 2.05) is 18.2 Å². The van der Waals surface area contributed by atoms with Gasteiger partial charge in [-0.3, -0.25) is 0 Å². The molecular formula is C21H24N6. The fraction of sp³-hybridized carbons (Fsp3) is 0.286. The third-order valence-electron chi connectivity index (χ3n) is 4.81. The number of nitrogens with zero attached hydrogens (tertiary/aromatic N) is 4. The Kier molecular flexibility index (Phi) is 5.14. The van der Waals surface area contributed by atoms with Crippen LogP contribution in [0, 0.1) is 0 Å². The topological polar surface area (TPSA) is 66.0 Å². The SMILES string of the molecule is CC(Nc1nncc(Nc2ccc(N3CCCC3)cc2)n1)c1ccccc1. The minimum Gasteiger partial charge on any atom is -0.372 e. The average Bonchev–Trinajstić information content (AvgIpc) is 3.24. The maximum Gasteiger partial charge on any atom is 0.245 e. The summed E-state index contributed by atoms with van der Waals surface area (Å²) >= 11 is 0. The molecule has 1 saturated heterocycles. The molecule has 2 N–H and O–H groups in total. The molecule has 1 fully saturated rings. The van der Waals surface area contributed by atoms with Gasteiger partial charge in [0, 0.05) is 24.5 Å². The van der Waals surface area contributed by atoms with Crippen LogP contribution in [0.5, 0.6) is 0 Å². The highest BCUT2D eigenvalue weighted by molar-refractivity contribution is 5.61. The zero-order valence-corrected chi connectivity index (χ0v) is 15.5. The van der Waals surface area contributed by atoms with Crippen LogP contribution in [0.4, 0.5) is 23.1 Å².